The molecule has 2 heterocycles. The third kappa shape index (κ3) is 4.42. The zero-order valence-corrected chi connectivity index (χ0v) is 16.0. The molecule has 0 saturated carbocycles. The number of aromatic nitrogens is 2. The fourth-order valence-electron chi connectivity index (χ4n) is 3.09. The molecule has 0 bridgehead atoms. The lowest BCUT2D eigenvalue weighted by atomic mass is 9.86. The molecule has 0 spiro atoms. The summed E-state index contributed by atoms with van der Waals surface area (Å²) in [6.07, 6.45) is 3.98. The van der Waals surface area contributed by atoms with E-state index in [1.54, 1.807) is 11.1 Å². The van der Waals surface area contributed by atoms with E-state index in [4.69, 9.17) is 0 Å². The van der Waals surface area contributed by atoms with Gasteiger partial charge in [-0.15, -0.1) is 0 Å². The number of para-hydroxylation sites is 1. The zero-order chi connectivity index (χ0) is 19.4. The van der Waals surface area contributed by atoms with Crippen LogP contribution >= 0.6 is 0 Å². The van der Waals surface area contributed by atoms with Crippen LogP contribution in [0.5, 0.6) is 0 Å². The van der Waals surface area contributed by atoms with E-state index in [0.29, 0.717) is 32.0 Å². The lowest BCUT2D eigenvalue weighted by molar-refractivity contribution is -0.118. The van der Waals surface area contributed by atoms with Gasteiger partial charge in [-0.05, 0) is 17.0 Å². The first-order valence-electron chi connectivity index (χ1n) is 9.05. The van der Waals surface area contributed by atoms with E-state index < -0.39 is 0 Å². The molecule has 2 aromatic rings. The quantitative estimate of drug-likeness (QED) is 0.839. The SMILES string of the molecule is CC(C)(C)c1ccccc1NC(=O)c1cnc(N2CCN(C=O)CC2)cn1. The van der Waals surface area contributed by atoms with Crippen molar-refractivity contribution in [2.75, 3.05) is 36.4 Å². The Morgan fingerprint density at radius 2 is 1.78 bits per heavy atom. The fourth-order valence-corrected chi connectivity index (χ4v) is 3.09. The van der Waals surface area contributed by atoms with Gasteiger partial charge in [-0.1, -0.05) is 39.0 Å². The van der Waals surface area contributed by atoms with E-state index in [2.05, 4.69) is 41.0 Å². The number of nitrogens with zero attached hydrogens (tertiary/aromatic N) is 4. The average molecular weight is 367 g/mol. The van der Waals surface area contributed by atoms with Crippen molar-refractivity contribution in [2.45, 2.75) is 26.2 Å². The number of carbonyl (C=O) groups is 2. The van der Waals surface area contributed by atoms with Crippen molar-refractivity contribution in [3.05, 3.63) is 47.9 Å². The molecule has 7 nitrogen and oxygen atoms in total. The third-order valence-electron chi connectivity index (χ3n) is 4.64. The minimum absolute atomic E-state index is 0.0803. The van der Waals surface area contributed by atoms with Crippen molar-refractivity contribution in [1.29, 1.82) is 0 Å². The van der Waals surface area contributed by atoms with Gasteiger partial charge in [0.25, 0.3) is 5.91 Å². The van der Waals surface area contributed by atoms with Gasteiger partial charge in [0.05, 0.1) is 12.4 Å². The highest BCUT2D eigenvalue weighted by molar-refractivity contribution is 6.03. The normalized spacial score (nSPS) is 14.8. The molecular formula is C20H25N5O2. The van der Waals surface area contributed by atoms with Crippen LogP contribution in [0.2, 0.25) is 0 Å². The predicted octanol–water partition coefficient (Wildman–Crippen LogP) is 2.30. The van der Waals surface area contributed by atoms with E-state index in [1.807, 2.05) is 24.3 Å². The highest BCUT2D eigenvalue weighted by Gasteiger charge is 2.20. The Bertz CT molecular complexity index is 806. The van der Waals surface area contributed by atoms with Crippen LogP contribution < -0.4 is 10.2 Å². The lowest BCUT2D eigenvalue weighted by Crippen LogP contribution is -2.46. The highest BCUT2D eigenvalue weighted by Crippen LogP contribution is 2.29. The summed E-state index contributed by atoms with van der Waals surface area (Å²) in [5.41, 5.74) is 2.04. The summed E-state index contributed by atoms with van der Waals surface area (Å²) in [5, 5.41) is 2.95. The second-order valence-corrected chi connectivity index (χ2v) is 7.64. The Morgan fingerprint density at radius 1 is 1.07 bits per heavy atom. The first kappa shape index (κ1) is 18.8. The first-order valence-corrected chi connectivity index (χ1v) is 9.05. The standard InChI is InChI=1S/C20H25N5O2/c1-20(2,3)15-6-4-5-7-16(15)23-19(27)17-12-22-18(13-21-17)25-10-8-24(14-26)9-11-25/h4-7,12-14H,8-11H2,1-3H3,(H,23,27). The van der Waals surface area contributed by atoms with Gasteiger partial charge < -0.3 is 15.1 Å². The number of anilines is 2. The van der Waals surface area contributed by atoms with Gasteiger partial charge in [-0.3, -0.25) is 9.59 Å². The fraction of sp³-hybridized carbons (Fsp3) is 0.400. The predicted molar refractivity (Wildman–Crippen MR) is 105 cm³/mol. The van der Waals surface area contributed by atoms with E-state index >= 15 is 0 Å². The Morgan fingerprint density at radius 3 is 2.37 bits per heavy atom. The van der Waals surface area contributed by atoms with Gasteiger partial charge in [-0.2, -0.15) is 0 Å². The van der Waals surface area contributed by atoms with Crippen LogP contribution in [-0.4, -0.2) is 53.4 Å². The topological polar surface area (TPSA) is 78.4 Å². The van der Waals surface area contributed by atoms with Crippen molar-refractivity contribution < 1.29 is 9.59 Å². The number of piperazine rings is 1. The minimum Gasteiger partial charge on any atom is -0.352 e. The Labute approximate surface area is 159 Å². The second kappa shape index (κ2) is 7.73. The Kier molecular flexibility index (Phi) is 5.39. The summed E-state index contributed by atoms with van der Waals surface area (Å²) >= 11 is 0. The van der Waals surface area contributed by atoms with Gasteiger partial charge >= 0.3 is 0 Å². The molecule has 27 heavy (non-hydrogen) atoms. The van der Waals surface area contributed by atoms with Crippen LogP contribution in [0.1, 0.15) is 36.8 Å². The minimum atomic E-state index is -0.281. The van der Waals surface area contributed by atoms with Gasteiger partial charge in [0.1, 0.15) is 11.5 Å². The Hall–Kier alpha value is -2.96. The second-order valence-electron chi connectivity index (χ2n) is 7.64. The molecule has 1 aliphatic heterocycles. The van der Waals surface area contributed by atoms with Gasteiger partial charge in [0.2, 0.25) is 6.41 Å². The molecule has 2 amide bonds. The summed E-state index contributed by atoms with van der Waals surface area (Å²) in [6.45, 7) is 9.06. The summed E-state index contributed by atoms with van der Waals surface area (Å²) in [7, 11) is 0. The zero-order valence-electron chi connectivity index (χ0n) is 16.0. The molecule has 1 aromatic heterocycles. The Balaban J connectivity index is 1.69. The maximum Gasteiger partial charge on any atom is 0.275 e. The molecule has 0 aliphatic carbocycles. The number of rotatable bonds is 4. The molecule has 1 fully saturated rings. The molecule has 3 rings (SSSR count). The number of hydrogen-bond donors (Lipinski definition) is 1. The van der Waals surface area contributed by atoms with Crippen LogP contribution in [-0.2, 0) is 10.2 Å². The maximum atomic E-state index is 12.6. The number of carbonyl (C=O) groups excluding carboxylic acids is 2. The van der Waals surface area contributed by atoms with Gasteiger partial charge in [0, 0.05) is 31.9 Å². The molecule has 1 saturated heterocycles. The first-order chi connectivity index (χ1) is 12.9. The molecule has 1 aromatic carbocycles. The van der Waals surface area contributed by atoms with Gasteiger partial charge in [0.15, 0.2) is 0 Å². The average Bonchev–Trinajstić information content (AvgIpc) is 2.68. The molecule has 142 valence electrons. The highest BCUT2D eigenvalue weighted by atomic mass is 16.2. The van der Waals surface area contributed by atoms with Crippen LogP contribution in [0.3, 0.4) is 0 Å². The molecular weight excluding hydrogens is 342 g/mol. The lowest BCUT2D eigenvalue weighted by Gasteiger charge is -2.33. The summed E-state index contributed by atoms with van der Waals surface area (Å²) < 4.78 is 0. The molecule has 0 radical (unpaired) electrons. The van der Waals surface area contributed by atoms with Crippen LogP contribution in [0.4, 0.5) is 11.5 Å². The summed E-state index contributed by atoms with van der Waals surface area (Å²) in [5.74, 6) is 0.434. The molecule has 1 aliphatic rings. The van der Waals surface area contributed by atoms with Crippen molar-refractivity contribution in [1.82, 2.24) is 14.9 Å². The smallest absolute Gasteiger partial charge is 0.275 e. The summed E-state index contributed by atoms with van der Waals surface area (Å²) in [4.78, 5) is 35.8. The largest absolute Gasteiger partial charge is 0.352 e. The number of amides is 2. The molecule has 0 unspecified atom stereocenters. The van der Waals surface area contributed by atoms with Gasteiger partial charge in [-0.25, -0.2) is 9.97 Å². The van der Waals surface area contributed by atoms with E-state index in [-0.39, 0.29) is 17.0 Å². The van der Waals surface area contributed by atoms with Crippen LogP contribution in [0.25, 0.3) is 0 Å². The van der Waals surface area contributed by atoms with Crippen molar-refractivity contribution >= 4 is 23.8 Å². The monoisotopic (exact) mass is 367 g/mol. The third-order valence-corrected chi connectivity index (χ3v) is 4.64. The van der Waals surface area contributed by atoms with Crippen molar-refractivity contribution in [2.24, 2.45) is 0 Å². The maximum absolute atomic E-state index is 12.6. The van der Waals surface area contributed by atoms with Crippen LogP contribution in [0, 0.1) is 0 Å². The van der Waals surface area contributed by atoms with E-state index in [0.717, 1.165) is 17.7 Å². The van der Waals surface area contributed by atoms with Crippen LogP contribution in [0.15, 0.2) is 36.7 Å². The number of benzene rings is 1. The van der Waals surface area contributed by atoms with E-state index in [9.17, 15) is 9.59 Å². The molecule has 7 heteroatoms. The van der Waals surface area contributed by atoms with Crippen molar-refractivity contribution in [3.63, 3.8) is 0 Å². The van der Waals surface area contributed by atoms with Crippen molar-refractivity contribution in [3.8, 4) is 0 Å². The number of hydrogen-bond acceptors (Lipinski definition) is 5. The summed E-state index contributed by atoms with van der Waals surface area (Å²) in [6, 6.07) is 7.78. The molecule has 1 N–H and O–H groups in total. The molecule has 0 atom stereocenters. The van der Waals surface area contributed by atoms with E-state index in [1.165, 1.54) is 6.20 Å². The number of nitrogens with one attached hydrogen (secondary N) is 1.